The van der Waals surface area contributed by atoms with Crippen molar-refractivity contribution >= 4 is 17.9 Å². The van der Waals surface area contributed by atoms with Crippen molar-refractivity contribution in [1.82, 2.24) is 10.6 Å². The van der Waals surface area contributed by atoms with Crippen molar-refractivity contribution in [3.05, 3.63) is 53.6 Å². The van der Waals surface area contributed by atoms with Gasteiger partial charge in [-0.05, 0) is 38.3 Å². The molecule has 5 heteroatoms. The van der Waals surface area contributed by atoms with Crippen LogP contribution in [-0.2, 0) is 9.59 Å². The minimum absolute atomic E-state index is 0.00466. The fraction of sp³-hybridized carbons (Fsp3) is 0.333. The lowest BCUT2D eigenvalue weighted by Crippen LogP contribution is -2.47. The summed E-state index contributed by atoms with van der Waals surface area (Å²) in [6.45, 7) is 3.49. The Kier molecular flexibility index (Phi) is 8.39. The number of rotatable bonds is 8. The summed E-state index contributed by atoms with van der Waals surface area (Å²) in [5.41, 5.74) is 1.50. The van der Waals surface area contributed by atoms with Crippen molar-refractivity contribution in [1.29, 1.82) is 0 Å². The number of benzene rings is 1. The number of hydrogen-bond donors (Lipinski definition) is 3. The summed E-state index contributed by atoms with van der Waals surface area (Å²) >= 11 is 0. The van der Waals surface area contributed by atoms with E-state index in [1.165, 1.54) is 6.08 Å². The van der Waals surface area contributed by atoms with Crippen LogP contribution in [0.15, 0.2) is 48.1 Å². The van der Waals surface area contributed by atoms with Gasteiger partial charge in [0, 0.05) is 18.3 Å². The molecule has 0 aliphatic heterocycles. The summed E-state index contributed by atoms with van der Waals surface area (Å²) in [5, 5.41) is 14.4. The van der Waals surface area contributed by atoms with Crippen LogP contribution in [0.5, 0.6) is 0 Å². The van der Waals surface area contributed by atoms with Crippen molar-refractivity contribution in [2.75, 3.05) is 6.61 Å². The maximum absolute atomic E-state index is 12.0. The van der Waals surface area contributed by atoms with Crippen LogP contribution in [0.3, 0.4) is 0 Å². The third-order valence-electron chi connectivity index (χ3n) is 3.29. The lowest BCUT2D eigenvalue weighted by Gasteiger charge is -2.19. The first kappa shape index (κ1) is 18.6. The average Bonchev–Trinajstić information content (AvgIpc) is 2.57. The molecule has 0 aliphatic carbocycles. The van der Waals surface area contributed by atoms with Crippen LogP contribution < -0.4 is 10.6 Å². The highest BCUT2D eigenvalue weighted by molar-refractivity contribution is 5.94. The van der Waals surface area contributed by atoms with Crippen molar-refractivity contribution in [3.8, 4) is 0 Å². The number of allylic oxidation sites excluding steroid dienone is 1. The van der Waals surface area contributed by atoms with Gasteiger partial charge in [-0.2, -0.15) is 0 Å². The van der Waals surface area contributed by atoms with E-state index in [0.29, 0.717) is 18.4 Å². The topological polar surface area (TPSA) is 78.4 Å². The van der Waals surface area contributed by atoms with Crippen LogP contribution in [0.1, 0.15) is 32.3 Å². The maximum Gasteiger partial charge on any atom is 0.248 e. The van der Waals surface area contributed by atoms with Crippen LogP contribution >= 0.6 is 0 Å². The second kappa shape index (κ2) is 10.3. The molecule has 23 heavy (non-hydrogen) atoms. The first-order chi connectivity index (χ1) is 11.1. The molecule has 1 aromatic carbocycles. The highest BCUT2D eigenvalue weighted by Crippen LogP contribution is 2.02. The van der Waals surface area contributed by atoms with Gasteiger partial charge in [0.1, 0.15) is 6.17 Å². The third-order valence-corrected chi connectivity index (χ3v) is 3.29. The molecular formula is C18H24N2O3. The maximum atomic E-state index is 12.0. The number of carbonyl (C=O) groups is 2. The van der Waals surface area contributed by atoms with Crippen LogP contribution in [0.4, 0.5) is 0 Å². The highest BCUT2D eigenvalue weighted by Gasteiger charge is 2.14. The molecule has 0 aliphatic rings. The van der Waals surface area contributed by atoms with Gasteiger partial charge in [-0.1, -0.05) is 36.4 Å². The van der Waals surface area contributed by atoms with Crippen LogP contribution in [0.2, 0.25) is 0 Å². The van der Waals surface area contributed by atoms with E-state index in [2.05, 4.69) is 10.6 Å². The highest BCUT2D eigenvalue weighted by atomic mass is 16.3. The quantitative estimate of drug-likeness (QED) is 0.507. The molecule has 0 fully saturated rings. The summed E-state index contributed by atoms with van der Waals surface area (Å²) in [7, 11) is 0. The lowest BCUT2D eigenvalue weighted by atomic mass is 10.2. The number of hydrogen-bond acceptors (Lipinski definition) is 3. The van der Waals surface area contributed by atoms with Gasteiger partial charge >= 0.3 is 0 Å². The molecule has 124 valence electrons. The molecule has 1 aromatic rings. The van der Waals surface area contributed by atoms with Crippen molar-refractivity contribution in [3.63, 3.8) is 0 Å². The van der Waals surface area contributed by atoms with Gasteiger partial charge in [0.15, 0.2) is 0 Å². The van der Waals surface area contributed by atoms with Gasteiger partial charge in [0.25, 0.3) is 0 Å². The number of aliphatic hydroxyl groups excluding tert-OH is 1. The Bertz CT molecular complexity index is 565. The van der Waals surface area contributed by atoms with E-state index in [1.807, 2.05) is 30.3 Å². The van der Waals surface area contributed by atoms with Crippen LogP contribution in [-0.4, -0.2) is 29.7 Å². The minimum atomic E-state index is -0.516. The summed E-state index contributed by atoms with van der Waals surface area (Å²) in [6, 6.07) is 9.47. The molecule has 0 bridgehead atoms. The molecule has 3 N–H and O–H groups in total. The van der Waals surface area contributed by atoms with Crippen LogP contribution in [0, 0.1) is 0 Å². The van der Waals surface area contributed by atoms with E-state index < -0.39 is 6.17 Å². The first-order valence-electron chi connectivity index (χ1n) is 7.65. The number of amides is 2. The van der Waals surface area contributed by atoms with Gasteiger partial charge in [0.2, 0.25) is 11.8 Å². The minimum Gasteiger partial charge on any atom is -0.396 e. The predicted octanol–water partition coefficient (Wildman–Crippen LogP) is 2.00. The first-order valence-corrected chi connectivity index (χ1v) is 7.65. The Morgan fingerprint density at radius 3 is 2.52 bits per heavy atom. The van der Waals surface area contributed by atoms with Crippen LogP contribution in [0.25, 0.3) is 6.08 Å². The number of carbonyl (C=O) groups excluding carboxylic acids is 2. The number of aliphatic hydroxyl groups is 1. The van der Waals surface area contributed by atoms with E-state index >= 15 is 0 Å². The zero-order chi connectivity index (χ0) is 17.1. The Balaban J connectivity index is 2.63. The summed E-state index contributed by atoms with van der Waals surface area (Å²) in [6.07, 6.45) is 5.27. The van der Waals surface area contributed by atoms with Crippen molar-refractivity contribution < 1.29 is 14.7 Å². The largest absolute Gasteiger partial charge is 0.396 e. The van der Waals surface area contributed by atoms with E-state index in [4.69, 9.17) is 5.11 Å². The van der Waals surface area contributed by atoms with Gasteiger partial charge < -0.3 is 15.7 Å². The molecule has 0 unspecified atom stereocenters. The average molecular weight is 316 g/mol. The zero-order valence-corrected chi connectivity index (χ0v) is 13.6. The van der Waals surface area contributed by atoms with E-state index in [9.17, 15) is 9.59 Å². The summed E-state index contributed by atoms with van der Waals surface area (Å²) in [5.74, 6) is -0.530. The fourth-order valence-corrected chi connectivity index (χ4v) is 1.83. The Morgan fingerprint density at radius 2 is 1.91 bits per heavy atom. The fourth-order valence-electron chi connectivity index (χ4n) is 1.83. The molecule has 0 spiro atoms. The Hall–Kier alpha value is -2.40. The molecule has 0 heterocycles. The summed E-state index contributed by atoms with van der Waals surface area (Å²) in [4.78, 5) is 23.9. The molecular weight excluding hydrogens is 292 g/mol. The summed E-state index contributed by atoms with van der Waals surface area (Å²) < 4.78 is 0. The molecule has 0 saturated carbocycles. The lowest BCUT2D eigenvalue weighted by molar-refractivity contribution is -0.120. The Labute approximate surface area is 137 Å². The molecule has 0 aromatic heterocycles. The monoisotopic (exact) mass is 316 g/mol. The Morgan fingerprint density at radius 1 is 1.22 bits per heavy atom. The molecule has 5 nitrogen and oxygen atoms in total. The van der Waals surface area contributed by atoms with Gasteiger partial charge in [-0.25, -0.2) is 0 Å². The second-order valence-corrected chi connectivity index (χ2v) is 5.12. The molecule has 0 saturated heterocycles. The standard InChI is InChI=1S/C18H24N2O3/c1-3-14(2)18(23)20-16(10-7-13-21)19-17(22)12-11-15-8-5-4-6-9-15/h3-6,8-9,11-12,16,21H,7,10,13H2,1-2H3,(H,19,22)(H,20,23)/t16-/m1/s1. The number of nitrogens with one attached hydrogen (secondary N) is 2. The molecule has 1 rings (SSSR count). The van der Waals surface area contributed by atoms with Crippen molar-refractivity contribution in [2.45, 2.75) is 32.9 Å². The van der Waals surface area contributed by atoms with Gasteiger partial charge in [-0.15, -0.1) is 0 Å². The van der Waals surface area contributed by atoms with Crippen molar-refractivity contribution in [2.24, 2.45) is 0 Å². The third kappa shape index (κ3) is 7.42. The molecule has 2 amide bonds. The van der Waals surface area contributed by atoms with E-state index in [0.717, 1.165) is 5.56 Å². The van der Waals surface area contributed by atoms with E-state index in [1.54, 1.807) is 26.0 Å². The SMILES string of the molecule is CC=C(C)C(=O)N[C@H](CCCO)NC(=O)C=Cc1ccccc1. The zero-order valence-electron chi connectivity index (χ0n) is 13.6. The molecule has 0 radical (unpaired) electrons. The predicted molar refractivity (Wildman–Crippen MR) is 91.3 cm³/mol. The van der Waals surface area contributed by atoms with Gasteiger partial charge in [-0.3, -0.25) is 9.59 Å². The smallest absolute Gasteiger partial charge is 0.248 e. The normalized spacial score (nSPS) is 12.9. The molecule has 1 atom stereocenters. The van der Waals surface area contributed by atoms with Gasteiger partial charge in [0.05, 0.1) is 0 Å². The van der Waals surface area contributed by atoms with E-state index in [-0.39, 0.29) is 18.4 Å². The second-order valence-electron chi connectivity index (χ2n) is 5.12.